The number of hydrogen-bond acceptors (Lipinski definition) is 7. The second-order valence-electron chi connectivity index (χ2n) is 6.00. The number of carbonyl (C=O) groups is 5. The van der Waals surface area contributed by atoms with Gasteiger partial charge in [0.25, 0.3) is 0 Å². The predicted octanol–water partition coefficient (Wildman–Crippen LogP) is -2.66. The highest BCUT2D eigenvalue weighted by molar-refractivity contribution is 7.80. The summed E-state index contributed by atoms with van der Waals surface area (Å²) in [6.07, 6.45) is 0.119. The van der Waals surface area contributed by atoms with Crippen molar-refractivity contribution in [1.82, 2.24) is 16.0 Å². The van der Waals surface area contributed by atoms with Gasteiger partial charge in [-0.25, -0.2) is 0 Å². The zero-order valence-electron chi connectivity index (χ0n) is 15.2. The molecule has 12 heteroatoms. The fourth-order valence-corrected chi connectivity index (χ4v) is 2.20. The third-order valence-electron chi connectivity index (χ3n) is 3.83. The second kappa shape index (κ2) is 12.1. The first-order chi connectivity index (χ1) is 12.5. The van der Waals surface area contributed by atoms with E-state index >= 15 is 0 Å². The Hall–Kier alpha value is -2.34. The highest BCUT2D eigenvalue weighted by Gasteiger charge is 2.29. The standard InChI is InChI=1S/C15H27N5O6S/c1-3-7(2)12(17)15(26)20-9(6-27)14(25)19-8(4-10(16)21)13(24)18-5-11(22)23/h7-9,12,27H,3-6,17H2,1-2H3,(H2,16,21)(H,18,24)(H,19,25)(H,20,26)(H,22,23). The summed E-state index contributed by atoms with van der Waals surface area (Å²) in [5.41, 5.74) is 10.9. The number of carboxylic acids is 1. The number of carboxylic acid groups (broad SMARTS) is 1. The molecule has 0 spiro atoms. The van der Waals surface area contributed by atoms with Crippen molar-refractivity contribution in [3.05, 3.63) is 0 Å². The summed E-state index contributed by atoms with van der Waals surface area (Å²) in [5.74, 6) is -4.62. The lowest BCUT2D eigenvalue weighted by Crippen LogP contribution is -2.57. The van der Waals surface area contributed by atoms with Crippen molar-refractivity contribution in [2.45, 2.75) is 44.8 Å². The minimum Gasteiger partial charge on any atom is -0.480 e. The van der Waals surface area contributed by atoms with Gasteiger partial charge >= 0.3 is 5.97 Å². The molecule has 0 aliphatic rings. The Morgan fingerprint density at radius 2 is 1.59 bits per heavy atom. The SMILES string of the molecule is CCC(C)C(N)C(=O)NC(CS)C(=O)NC(CC(N)=O)C(=O)NCC(=O)O. The molecule has 0 bridgehead atoms. The fraction of sp³-hybridized carbons (Fsp3) is 0.667. The number of aliphatic carboxylic acids is 1. The van der Waals surface area contributed by atoms with E-state index in [2.05, 4.69) is 23.3 Å². The highest BCUT2D eigenvalue weighted by atomic mass is 32.1. The van der Waals surface area contributed by atoms with Crippen LogP contribution in [0.4, 0.5) is 0 Å². The van der Waals surface area contributed by atoms with Gasteiger partial charge in [0.15, 0.2) is 0 Å². The molecule has 154 valence electrons. The van der Waals surface area contributed by atoms with Gasteiger partial charge in [0, 0.05) is 5.75 Å². The summed E-state index contributed by atoms with van der Waals surface area (Å²) < 4.78 is 0. The summed E-state index contributed by atoms with van der Waals surface area (Å²) in [6, 6.07) is -3.33. The zero-order chi connectivity index (χ0) is 21.1. The molecule has 4 atom stereocenters. The minimum absolute atomic E-state index is 0.0924. The van der Waals surface area contributed by atoms with Crippen molar-refractivity contribution in [2.75, 3.05) is 12.3 Å². The van der Waals surface area contributed by atoms with Crippen LogP contribution < -0.4 is 27.4 Å². The summed E-state index contributed by atoms with van der Waals surface area (Å²) in [4.78, 5) is 58.1. The first-order valence-corrected chi connectivity index (χ1v) is 8.91. The number of thiol groups is 1. The molecule has 8 N–H and O–H groups in total. The van der Waals surface area contributed by atoms with Crippen LogP contribution in [0.5, 0.6) is 0 Å². The van der Waals surface area contributed by atoms with Gasteiger partial charge in [-0.15, -0.1) is 0 Å². The lowest BCUT2D eigenvalue weighted by molar-refractivity contribution is -0.138. The maximum Gasteiger partial charge on any atom is 0.322 e. The summed E-state index contributed by atoms with van der Waals surface area (Å²) in [6.45, 7) is 2.96. The van der Waals surface area contributed by atoms with E-state index < -0.39 is 60.7 Å². The van der Waals surface area contributed by atoms with Crippen LogP contribution in [0.15, 0.2) is 0 Å². The number of hydrogen-bond donors (Lipinski definition) is 7. The van der Waals surface area contributed by atoms with Crippen molar-refractivity contribution < 1.29 is 29.1 Å². The molecular weight excluding hydrogens is 378 g/mol. The van der Waals surface area contributed by atoms with Crippen LogP contribution in [0.1, 0.15) is 26.7 Å². The van der Waals surface area contributed by atoms with E-state index in [-0.39, 0.29) is 11.7 Å². The third kappa shape index (κ3) is 9.24. The van der Waals surface area contributed by atoms with Gasteiger partial charge in [0.2, 0.25) is 23.6 Å². The van der Waals surface area contributed by atoms with E-state index in [1.165, 1.54) is 0 Å². The van der Waals surface area contributed by atoms with Crippen LogP contribution in [0.2, 0.25) is 0 Å². The van der Waals surface area contributed by atoms with E-state index in [4.69, 9.17) is 16.6 Å². The molecule has 0 rings (SSSR count). The van der Waals surface area contributed by atoms with Crippen molar-refractivity contribution in [1.29, 1.82) is 0 Å². The van der Waals surface area contributed by atoms with Crippen molar-refractivity contribution in [3.63, 3.8) is 0 Å². The molecule has 0 aliphatic carbocycles. The molecule has 0 fully saturated rings. The number of nitrogens with two attached hydrogens (primary N) is 2. The Labute approximate surface area is 162 Å². The van der Waals surface area contributed by atoms with Crippen molar-refractivity contribution in [2.24, 2.45) is 17.4 Å². The van der Waals surface area contributed by atoms with Crippen LogP contribution in [0.25, 0.3) is 0 Å². The minimum atomic E-state index is -1.39. The molecule has 11 nitrogen and oxygen atoms in total. The molecule has 0 saturated carbocycles. The van der Waals surface area contributed by atoms with Crippen LogP contribution in [-0.2, 0) is 24.0 Å². The summed E-state index contributed by atoms with van der Waals surface area (Å²) in [5, 5.41) is 15.3. The fourth-order valence-electron chi connectivity index (χ4n) is 1.94. The van der Waals surface area contributed by atoms with Gasteiger partial charge < -0.3 is 32.5 Å². The maximum atomic E-state index is 12.3. The lowest BCUT2D eigenvalue weighted by atomic mass is 9.99. The quantitative estimate of drug-likeness (QED) is 0.172. The van der Waals surface area contributed by atoms with Gasteiger partial charge in [-0.2, -0.15) is 12.6 Å². The Kier molecular flexibility index (Phi) is 11.1. The Balaban J connectivity index is 5.03. The molecular formula is C15H27N5O6S. The molecule has 27 heavy (non-hydrogen) atoms. The van der Waals surface area contributed by atoms with Gasteiger partial charge in [-0.3, -0.25) is 24.0 Å². The number of rotatable bonds is 12. The topological polar surface area (TPSA) is 194 Å². The van der Waals surface area contributed by atoms with Crippen LogP contribution in [-0.4, -0.2) is 65.1 Å². The second-order valence-corrected chi connectivity index (χ2v) is 6.36. The number of primary amides is 1. The van der Waals surface area contributed by atoms with E-state index in [0.29, 0.717) is 6.42 Å². The Morgan fingerprint density at radius 3 is 2.04 bits per heavy atom. The zero-order valence-corrected chi connectivity index (χ0v) is 16.1. The number of amides is 4. The molecule has 0 aliphatic heterocycles. The van der Waals surface area contributed by atoms with Crippen LogP contribution in [0, 0.1) is 5.92 Å². The lowest BCUT2D eigenvalue weighted by Gasteiger charge is -2.24. The summed E-state index contributed by atoms with van der Waals surface area (Å²) >= 11 is 4.00. The predicted molar refractivity (Wildman–Crippen MR) is 99.6 cm³/mol. The van der Waals surface area contributed by atoms with E-state index in [9.17, 15) is 24.0 Å². The van der Waals surface area contributed by atoms with E-state index in [1.807, 2.05) is 12.2 Å². The summed E-state index contributed by atoms with van der Waals surface area (Å²) in [7, 11) is 0. The highest BCUT2D eigenvalue weighted by Crippen LogP contribution is 2.06. The molecule has 0 aromatic heterocycles. The van der Waals surface area contributed by atoms with E-state index in [1.54, 1.807) is 6.92 Å². The van der Waals surface area contributed by atoms with Gasteiger partial charge in [0.1, 0.15) is 18.6 Å². The van der Waals surface area contributed by atoms with Crippen molar-refractivity contribution in [3.8, 4) is 0 Å². The van der Waals surface area contributed by atoms with Crippen LogP contribution in [0.3, 0.4) is 0 Å². The van der Waals surface area contributed by atoms with E-state index in [0.717, 1.165) is 0 Å². The molecule has 0 saturated heterocycles. The van der Waals surface area contributed by atoms with Crippen LogP contribution >= 0.6 is 12.6 Å². The molecule has 0 aromatic carbocycles. The molecule has 0 heterocycles. The molecule has 4 amide bonds. The largest absolute Gasteiger partial charge is 0.480 e. The molecule has 0 aromatic rings. The average Bonchev–Trinajstić information content (AvgIpc) is 2.61. The first-order valence-electron chi connectivity index (χ1n) is 8.28. The van der Waals surface area contributed by atoms with Gasteiger partial charge in [-0.1, -0.05) is 20.3 Å². The normalized spacial score (nSPS) is 15.0. The van der Waals surface area contributed by atoms with Crippen molar-refractivity contribution >= 4 is 42.2 Å². The van der Waals surface area contributed by atoms with Gasteiger partial charge in [-0.05, 0) is 5.92 Å². The van der Waals surface area contributed by atoms with Gasteiger partial charge in [0.05, 0.1) is 12.5 Å². The average molecular weight is 405 g/mol. The maximum absolute atomic E-state index is 12.3. The molecule has 0 radical (unpaired) electrons. The Bertz CT molecular complexity index is 573. The smallest absolute Gasteiger partial charge is 0.322 e. The monoisotopic (exact) mass is 405 g/mol. The number of nitrogens with one attached hydrogen (secondary N) is 3. The first kappa shape index (κ1) is 24.7. The molecule has 4 unspecified atom stereocenters. The third-order valence-corrected chi connectivity index (χ3v) is 4.19. The Morgan fingerprint density at radius 1 is 1.04 bits per heavy atom. The number of carbonyl (C=O) groups excluding carboxylic acids is 4.